The van der Waals surface area contributed by atoms with Crippen molar-refractivity contribution in [3.8, 4) is 0 Å². The summed E-state index contributed by atoms with van der Waals surface area (Å²) in [6.45, 7) is 8.53. The Morgan fingerprint density at radius 1 is 1.12 bits per heavy atom. The Balaban J connectivity index is 1.86. The average molecular weight is 224 g/mol. The van der Waals surface area contributed by atoms with Crippen LogP contribution in [0.25, 0.3) is 0 Å². The maximum atomic E-state index is 3.63. The number of hydrogen-bond donors (Lipinski definition) is 1. The maximum absolute atomic E-state index is 3.63. The van der Waals surface area contributed by atoms with Gasteiger partial charge in [-0.3, -0.25) is 4.90 Å². The number of nitrogens with one attached hydrogen (secondary N) is 1. The summed E-state index contributed by atoms with van der Waals surface area (Å²) in [5.41, 5.74) is 0. The highest BCUT2D eigenvalue weighted by Gasteiger charge is 2.28. The lowest BCUT2D eigenvalue weighted by Gasteiger charge is -2.39. The Kier molecular flexibility index (Phi) is 4.66. The molecule has 0 radical (unpaired) electrons. The Morgan fingerprint density at radius 2 is 1.94 bits per heavy atom. The van der Waals surface area contributed by atoms with Gasteiger partial charge < -0.3 is 5.32 Å². The molecule has 1 saturated carbocycles. The first-order chi connectivity index (χ1) is 7.81. The quantitative estimate of drug-likeness (QED) is 0.790. The summed E-state index contributed by atoms with van der Waals surface area (Å²) in [4.78, 5) is 2.74. The van der Waals surface area contributed by atoms with Crippen LogP contribution in [0.2, 0.25) is 0 Å². The lowest BCUT2D eigenvalue weighted by atomic mass is 9.84. The minimum absolute atomic E-state index is 0.772. The predicted octanol–water partition coefficient (Wildman–Crippen LogP) is 2.64. The Hall–Kier alpha value is -0.0800. The van der Waals surface area contributed by atoms with Crippen LogP contribution < -0.4 is 5.32 Å². The first kappa shape index (κ1) is 12.4. The molecule has 0 aromatic carbocycles. The molecule has 1 N–H and O–H groups in total. The van der Waals surface area contributed by atoms with Crippen molar-refractivity contribution < 1.29 is 0 Å². The summed E-state index contributed by atoms with van der Waals surface area (Å²) in [6.07, 6.45) is 8.54. The molecule has 3 unspecified atom stereocenters. The molecular formula is C14H28N2. The largest absolute Gasteiger partial charge is 0.313 e. The first-order valence-electron chi connectivity index (χ1n) is 7.28. The Bertz CT molecular complexity index is 199. The molecule has 0 aromatic heterocycles. The molecule has 1 aliphatic heterocycles. The second-order valence-corrected chi connectivity index (χ2v) is 5.71. The van der Waals surface area contributed by atoms with E-state index >= 15 is 0 Å². The summed E-state index contributed by atoms with van der Waals surface area (Å²) in [7, 11) is 0. The molecule has 0 spiro atoms. The molecule has 2 nitrogen and oxygen atoms in total. The zero-order valence-corrected chi connectivity index (χ0v) is 11.0. The lowest BCUT2D eigenvalue weighted by molar-refractivity contribution is 0.108. The van der Waals surface area contributed by atoms with Gasteiger partial charge in [0.05, 0.1) is 0 Å². The SMILES string of the molecule is CCN(CC1CCCN1)C1CCCCC1C. The second-order valence-electron chi connectivity index (χ2n) is 5.71. The zero-order chi connectivity index (χ0) is 11.4. The molecule has 2 fully saturated rings. The van der Waals surface area contributed by atoms with E-state index in [-0.39, 0.29) is 0 Å². The molecule has 0 aromatic rings. The van der Waals surface area contributed by atoms with Crippen LogP contribution in [0.5, 0.6) is 0 Å². The van der Waals surface area contributed by atoms with Crippen LogP contribution in [-0.2, 0) is 0 Å². The molecule has 16 heavy (non-hydrogen) atoms. The van der Waals surface area contributed by atoms with Gasteiger partial charge in [-0.2, -0.15) is 0 Å². The van der Waals surface area contributed by atoms with Gasteiger partial charge in [-0.15, -0.1) is 0 Å². The summed E-state index contributed by atoms with van der Waals surface area (Å²) < 4.78 is 0. The van der Waals surface area contributed by atoms with Crippen LogP contribution in [0.3, 0.4) is 0 Å². The number of nitrogens with zero attached hydrogens (tertiary/aromatic N) is 1. The van der Waals surface area contributed by atoms with Crippen molar-refractivity contribution in [1.82, 2.24) is 10.2 Å². The van der Waals surface area contributed by atoms with E-state index in [0.29, 0.717) is 0 Å². The van der Waals surface area contributed by atoms with Gasteiger partial charge in [-0.25, -0.2) is 0 Å². The van der Waals surface area contributed by atoms with Crippen molar-refractivity contribution in [2.24, 2.45) is 5.92 Å². The van der Waals surface area contributed by atoms with Crippen LogP contribution in [0.1, 0.15) is 52.4 Å². The standard InChI is InChI=1S/C14H28N2/c1-3-16(11-13-8-6-10-15-13)14-9-5-4-7-12(14)2/h12-15H,3-11H2,1-2H3. The van der Waals surface area contributed by atoms with Crippen LogP contribution in [0.4, 0.5) is 0 Å². The number of likely N-dealkylation sites (N-methyl/N-ethyl adjacent to an activating group) is 1. The lowest BCUT2D eigenvalue weighted by Crippen LogP contribution is -2.47. The van der Waals surface area contributed by atoms with Crippen molar-refractivity contribution in [3.63, 3.8) is 0 Å². The summed E-state index contributed by atoms with van der Waals surface area (Å²) in [6, 6.07) is 1.63. The van der Waals surface area contributed by atoms with Crippen LogP contribution in [0.15, 0.2) is 0 Å². The van der Waals surface area contributed by atoms with Gasteiger partial charge in [0, 0.05) is 18.6 Å². The molecule has 2 aliphatic rings. The second kappa shape index (κ2) is 6.02. The average Bonchev–Trinajstić information content (AvgIpc) is 2.80. The van der Waals surface area contributed by atoms with Crippen molar-refractivity contribution in [2.75, 3.05) is 19.6 Å². The molecular weight excluding hydrogens is 196 g/mol. The van der Waals surface area contributed by atoms with Gasteiger partial charge in [-0.05, 0) is 44.7 Å². The fraction of sp³-hybridized carbons (Fsp3) is 1.00. The Labute approximate surface area is 101 Å². The molecule has 1 aliphatic carbocycles. The highest BCUT2D eigenvalue weighted by molar-refractivity contribution is 4.85. The number of hydrogen-bond acceptors (Lipinski definition) is 2. The third-order valence-electron chi connectivity index (χ3n) is 4.56. The van der Waals surface area contributed by atoms with E-state index in [1.54, 1.807) is 0 Å². The molecule has 2 rings (SSSR count). The third-order valence-corrected chi connectivity index (χ3v) is 4.56. The van der Waals surface area contributed by atoms with Crippen LogP contribution >= 0.6 is 0 Å². The van der Waals surface area contributed by atoms with E-state index < -0.39 is 0 Å². The van der Waals surface area contributed by atoms with Gasteiger partial charge in [-0.1, -0.05) is 26.7 Å². The smallest absolute Gasteiger partial charge is 0.0195 e. The van der Waals surface area contributed by atoms with E-state index in [9.17, 15) is 0 Å². The van der Waals surface area contributed by atoms with E-state index in [4.69, 9.17) is 0 Å². The highest BCUT2D eigenvalue weighted by Crippen LogP contribution is 2.28. The fourth-order valence-electron chi connectivity index (χ4n) is 3.53. The van der Waals surface area contributed by atoms with E-state index in [2.05, 4.69) is 24.1 Å². The minimum atomic E-state index is 0.772. The molecule has 94 valence electrons. The third kappa shape index (κ3) is 2.98. The van der Waals surface area contributed by atoms with Gasteiger partial charge >= 0.3 is 0 Å². The van der Waals surface area contributed by atoms with Crippen molar-refractivity contribution in [1.29, 1.82) is 0 Å². The first-order valence-corrected chi connectivity index (χ1v) is 7.28. The highest BCUT2D eigenvalue weighted by atomic mass is 15.2. The van der Waals surface area contributed by atoms with Crippen LogP contribution in [0, 0.1) is 5.92 Å². The van der Waals surface area contributed by atoms with E-state index in [1.165, 1.54) is 58.2 Å². The molecule has 2 heteroatoms. The maximum Gasteiger partial charge on any atom is 0.0195 e. The van der Waals surface area contributed by atoms with Crippen LogP contribution in [-0.4, -0.2) is 36.6 Å². The summed E-state index contributed by atoms with van der Waals surface area (Å²) in [5, 5.41) is 3.63. The summed E-state index contributed by atoms with van der Waals surface area (Å²) >= 11 is 0. The molecule has 0 amide bonds. The van der Waals surface area contributed by atoms with Gasteiger partial charge in [0.25, 0.3) is 0 Å². The van der Waals surface area contributed by atoms with Gasteiger partial charge in [0.2, 0.25) is 0 Å². The van der Waals surface area contributed by atoms with Crippen molar-refractivity contribution in [3.05, 3.63) is 0 Å². The molecule has 1 saturated heterocycles. The number of rotatable bonds is 4. The van der Waals surface area contributed by atoms with Crippen molar-refractivity contribution >= 4 is 0 Å². The summed E-state index contributed by atoms with van der Waals surface area (Å²) in [5.74, 6) is 0.912. The molecule has 1 heterocycles. The van der Waals surface area contributed by atoms with E-state index in [1.807, 2.05) is 0 Å². The van der Waals surface area contributed by atoms with Gasteiger partial charge in [0.1, 0.15) is 0 Å². The Morgan fingerprint density at radius 3 is 2.56 bits per heavy atom. The normalized spacial score (nSPS) is 35.8. The molecule has 0 bridgehead atoms. The van der Waals surface area contributed by atoms with E-state index in [0.717, 1.165) is 18.0 Å². The minimum Gasteiger partial charge on any atom is -0.313 e. The topological polar surface area (TPSA) is 15.3 Å². The van der Waals surface area contributed by atoms with Crippen molar-refractivity contribution in [2.45, 2.75) is 64.5 Å². The predicted molar refractivity (Wildman–Crippen MR) is 69.7 cm³/mol. The fourth-order valence-corrected chi connectivity index (χ4v) is 3.53. The van der Waals surface area contributed by atoms with Gasteiger partial charge in [0.15, 0.2) is 0 Å². The molecule has 3 atom stereocenters. The monoisotopic (exact) mass is 224 g/mol. The zero-order valence-electron chi connectivity index (χ0n) is 11.0.